The Balaban J connectivity index is 2.67. The molecule has 0 unspecified atom stereocenters. The number of rotatable bonds is 6. The van der Waals surface area contributed by atoms with E-state index in [1.54, 1.807) is 0 Å². The quantitative estimate of drug-likeness (QED) is 0.748. The van der Waals surface area contributed by atoms with Crippen LogP contribution in [0, 0.1) is 0 Å². The number of benzene rings is 1. The highest BCUT2D eigenvalue weighted by molar-refractivity contribution is 5.73. The third kappa shape index (κ3) is 4.83. The largest absolute Gasteiger partial charge is 0.369 e. The summed E-state index contributed by atoms with van der Waals surface area (Å²) < 4.78 is 0.754. The minimum atomic E-state index is -0.240. The second-order valence-electron chi connectivity index (χ2n) is 4.98. The van der Waals surface area contributed by atoms with Crippen LogP contribution in [0.15, 0.2) is 30.8 Å². The summed E-state index contributed by atoms with van der Waals surface area (Å²) in [6, 6.07) is 8.27. The van der Waals surface area contributed by atoms with Crippen LogP contribution in [-0.2, 0) is 11.3 Å². The molecule has 0 aliphatic rings. The van der Waals surface area contributed by atoms with Crippen molar-refractivity contribution in [3.63, 3.8) is 0 Å². The van der Waals surface area contributed by atoms with Gasteiger partial charge in [-0.25, -0.2) is 0 Å². The summed E-state index contributed by atoms with van der Waals surface area (Å²) in [5.74, 6) is -0.240. The van der Waals surface area contributed by atoms with Crippen molar-refractivity contribution in [2.75, 3.05) is 20.6 Å². The molecule has 0 radical (unpaired) electrons. The molecule has 2 N–H and O–H groups in total. The average molecular weight is 233 g/mol. The number of nitrogens with two attached hydrogens (primary N) is 1. The first-order chi connectivity index (χ1) is 7.93. The summed E-state index contributed by atoms with van der Waals surface area (Å²) in [6.07, 6.45) is 2.26. The Kier molecular flexibility index (Phi) is 4.46. The van der Waals surface area contributed by atoms with Crippen molar-refractivity contribution in [3.8, 4) is 0 Å². The van der Waals surface area contributed by atoms with Gasteiger partial charge in [0.15, 0.2) is 0 Å². The van der Waals surface area contributed by atoms with Crippen molar-refractivity contribution in [1.82, 2.24) is 0 Å². The van der Waals surface area contributed by atoms with E-state index in [-0.39, 0.29) is 5.91 Å². The molecule has 0 spiro atoms. The number of hydrogen-bond donors (Lipinski definition) is 1. The van der Waals surface area contributed by atoms with E-state index in [0.717, 1.165) is 23.1 Å². The molecule has 92 valence electrons. The fourth-order valence-electron chi connectivity index (χ4n) is 1.80. The lowest BCUT2D eigenvalue weighted by molar-refractivity contribution is -0.903. The van der Waals surface area contributed by atoms with Gasteiger partial charge < -0.3 is 10.2 Å². The van der Waals surface area contributed by atoms with Gasteiger partial charge in [-0.15, -0.1) is 0 Å². The van der Waals surface area contributed by atoms with Crippen molar-refractivity contribution in [2.24, 2.45) is 5.73 Å². The van der Waals surface area contributed by atoms with E-state index in [4.69, 9.17) is 5.73 Å². The second kappa shape index (κ2) is 5.64. The highest BCUT2D eigenvalue weighted by Gasteiger charge is 2.16. The van der Waals surface area contributed by atoms with Crippen LogP contribution in [0.4, 0.5) is 0 Å². The summed E-state index contributed by atoms with van der Waals surface area (Å²) in [5.41, 5.74) is 7.55. The van der Waals surface area contributed by atoms with Gasteiger partial charge in [-0.3, -0.25) is 4.79 Å². The van der Waals surface area contributed by atoms with Crippen molar-refractivity contribution < 1.29 is 9.28 Å². The molecule has 0 aliphatic carbocycles. The number of carbonyl (C=O) groups is 1. The van der Waals surface area contributed by atoms with Gasteiger partial charge in [-0.1, -0.05) is 30.9 Å². The molecule has 1 rings (SSSR count). The van der Waals surface area contributed by atoms with Gasteiger partial charge in [-0.2, -0.15) is 0 Å². The van der Waals surface area contributed by atoms with Gasteiger partial charge in [-0.05, 0) is 11.6 Å². The van der Waals surface area contributed by atoms with Crippen LogP contribution in [0.25, 0.3) is 6.08 Å². The van der Waals surface area contributed by atoms with E-state index in [9.17, 15) is 4.79 Å². The average Bonchev–Trinajstić information content (AvgIpc) is 2.26. The predicted molar refractivity (Wildman–Crippen MR) is 71.0 cm³/mol. The number of primary amides is 1. The van der Waals surface area contributed by atoms with Crippen LogP contribution in [0.2, 0.25) is 0 Å². The number of carbonyl (C=O) groups excluding carboxylic acids is 1. The standard InChI is InChI=1S/C14H20N2O/c1-4-12-6-5-7-13(10-12)11-16(2,3)9-8-14(15)17/h4-7,10H,1,8-9,11H2,2-3H3,(H-,15,17)/p+1. The third-order valence-corrected chi connectivity index (χ3v) is 2.76. The zero-order valence-electron chi connectivity index (χ0n) is 10.6. The Morgan fingerprint density at radius 2 is 2.18 bits per heavy atom. The first-order valence-electron chi connectivity index (χ1n) is 5.75. The Morgan fingerprint density at radius 3 is 2.76 bits per heavy atom. The maximum Gasteiger partial charge on any atom is 0.223 e. The van der Waals surface area contributed by atoms with Crippen LogP contribution in [0.1, 0.15) is 17.5 Å². The maximum atomic E-state index is 10.8. The van der Waals surface area contributed by atoms with E-state index in [1.807, 2.05) is 18.2 Å². The monoisotopic (exact) mass is 233 g/mol. The smallest absolute Gasteiger partial charge is 0.223 e. The lowest BCUT2D eigenvalue weighted by atomic mass is 10.1. The molecular weight excluding hydrogens is 212 g/mol. The highest BCUT2D eigenvalue weighted by Crippen LogP contribution is 2.12. The molecule has 0 aromatic heterocycles. The predicted octanol–water partition coefficient (Wildman–Crippen LogP) is 1.78. The molecule has 0 aliphatic heterocycles. The third-order valence-electron chi connectivity index (χ3n) is 2.76. The fraction of sp³-hybridized carbons (Fsp3) is 0.357. The second-order valence-corrected chi connectivity index (χ2v) is 4.98. The molecule has 1 aromatic rings. The normalized spacial score (nSPS) is 11.2. The zero-order chi connectivity index (χ0) is 12.9. The van der Waals surface area contributed by atoms with Gasteiger partial charge in [0.1, 0.15) is 6.54 Å². The van der Waals surface area contributed by atoms with Crippen LogP contribution in [0.5, 0.6) is 0 Å². The SMILES string of the molecule is C=Cc1cccc(C[N+](C)(C)CCC(N)=O)c1. The van der Waals surface area contributed by atoms with E-state index in [2.05, 4.69) is 32.8 Å². The highest BCUT2D eigenvalue weighted by atomic mass is 16.1. The van der Waals surface area contributed by atoms with E-state index in [0.29, 0.717) is 6.42 Å². The summed E-state index contributed by atoms with van der Waals surface area (Å²) in [5, 5.41) is 0. The molecule has 3 nitrogen and oxygen atoms in total. The molecule has 0 atom stereocenters. The minimum Gasteiger partial charge on any atom is -0.369 e. The molecule has 3 heteroatoms. The Morgan fingerprint density at radius 1 is 1.47 bits per heavy atom. The summed E-state index contributed by atoms with van der Waals surface area (Å²) in [6.45, 7) is 5.40. The van der Waals surface area contributed by atoms with Gasteiger partial charge in [0.2, 0.25) is 5.91 Å². The number of hydrogen-bond acceptors (Lipinski definition) is 1. The molecular formula is C14H21N2O+. The Labute approximate surface area is 103 Å². The Hall–Kier alpha value is -1.61. The topological polar surface area (TPSA) is 43.1 Å². The van der Waals surface area contributed by atoms with Gasteiger partial charge in [0.25, 0.3) is 0 Å². The minimum absolute atomic E-state index is 0.240. The van der Waals surface area contributed by atoms with Crippen molar-refractivity contribution in [3.05, 3.63) is 42.0 Å². The van der Waals surface area contributed by atoms with E-state index < -0.39 is 0 Å². The van der Waals surface area contributed by atoms with Gasteiger partial charge in [0, 0.05) is 5.56 Å². The van der Waals surface area contributed by atoms with Gasteiger partial charge >= 0.3 is 0 Å². The summed E-state index contributed by atoms with van der Waals surface area (Å²) in [4.78, 5) is 10.8. The summed E-state index contributed by atoms with van der Waals surface area (Å²) >= 11 is 0. The maximum absolute atomic E-state index is 10.8. The molecule has 0 saturated heterocycles. The van der Waals surface area contributed by atoms with Crippen LogP contribution < -0.4 is 5.73 Å². The lowest BCUT2D eigenvalue weighted by Gasteiger charge is -2.29. The fourth-order valence-corrected chi connectivity index (χ4v) is 1.80. The number of quaternary nitrogens is 1. The van der Waals surface area contributed by atoms with Crippen LogP contribution in [-0.4, -0.2) is 31.0 Å². The van der Waals surface area contributed by atoms with Crippen LogP contribution >= 0.6 is 0 Å². The number of nitrogens with zero attached hydrogens (tertiary/aromatic N) is 1. The molecule has 1 amide bonds. The molecule has 17 heavy (non-hydrogen) atoms. The molecule has 0 fully saturated rings. The number of amides is 1. The van der Waals surface area contributed by atoms with Crippen molar-refractivity contribution in [1.29, 1.82) is 0 Å². The lowest BCUT2D eigenvalue weighted by Crippen LogP contribution is -2.41. The molecule has 1 aromatic carbocycles. The first kappa shape index (κ1) is 13.5. The van der Waals surface area contributed by atoms with Crippen molar-refractivity contribution in [2.45, 2.75) is 13.0 Å². The zero-order valence-corrected chi connectivity index (χ0v) is 10.6. The van der Waals surface area contributed by atoms with Crippen LogP contribution in [0.3, 0.4) is 0 Å². The summed E-state index contributed by atoms with van der Waals surface area (Å²) in [7, 11) is 4.20. The van der Waals surface area contributed by atoms with E-state index in [1.165, 1.54) is 5.56 Å². The first-order valence-corrected chi connectivity index (χ1v) is 5.75. The van der Waals surface area contributed by atoms with Gasteiger partial charge in [0.05, 0.1) is 27.1 Å². The molecule has 0 heterocycles. The Bertz CT molecular complexity index is 410. The molecule has 0 bridgehead atoms. The molecule has 0 saturated carbocycles. The van der Waals surface area contributed by atoms with Crippen molar-refractivity contribution >= 4 is 12.0 Å². The van der Waals surface area contributed by atoms with E-state index >= 15 is 0 Å².